The number of ether oxygens (including phenoxy) is 1. The summed E-state index contributed by atoms with van der Waals surface area (Å²) in [6.45, 7) is 3.17. The van der Waals surface area contributed by atoms with Crippen LogP contribution in [0.25, 0.3) is 0 Å². The molecule has 1 N–H and O–H groups in total. The zero-order valence-corrected chi connectivity index (χ0v) is 22.1. The maximum absolute atomic E-state index is 14.5. The van der Waals surface area contributed by atoms with E-state index < -0.39 is 0 Å². The van der Waals surface area contributed by atoms with Crippen LogP contribution >= 0.6 is 15.9 Å². The predicted octanol–water partition coefficient (Wildman–Crippen LogP) is 6.04. The van der Waals surface area contributed by atoms with E-state index in [4.69, 9.17) is 4.74 Å². The fourth-order valence-corrected chi connectivity index (χ4v) is 8.09. The molecule has 3 heterocycles. The van der Waals surface area contributed by atoms with Crippen molar-refractivity contribution >= 4 is 21.8 Å². The van der Waals surface area contributed by atoms with Crippen molar-refractivity contribution in [1.29, 1.82) is 0 Å². The second kappa shape index (κ2) is 9.89. The van der Waals surface area contributed by atoms with Gasteiger partial charge >= 0.3 is 0 Å². The van der Waals surface area contributed by atoms with E-state index in [1.54, 1.807) is 0 Å². The molecular formula is C30H37BrN2O2. The molecule has 1 aliphatic carbocycles. The highest BCUT2D eigenvalue weighted by atomic mass is 79.9. The molecule has 3 fully saturated rings. The molecule has 4 atom stereocenters. The quantitative estimate of drug-likeness (QED) is 0.519. The molecule has 3 aliphatic heterocycles. The smallest absolute Gasteiger partial charge is 0.228 e. The van der Waals surface area contributed by atoms with Crippen LogP contribution in [0.3, 0.4) is 0 Å². The zero-order chi connectivity index (χ0) is 23.8. The number of likely N-dealkylation sites (tertiary alicyclic amines) is 1. The fourth-order valence-electron chi connectivity index (χ4n) is 7.61. The molecule has 2 aromatic rings. The number of amides is 1. The predicted molar refractivity (Wildman–Crippen MR) is 143 cm³/mol. The van der Waals surface area contributed by atoms with Gasteiger partial charge in [-0.25, -0.2) is 0 Å². The number of carbonyl (C=O) groups is 1. The first-order valence-corrected chi connectivity index (χ1v) is 14.4. The summed E-state index contributed by atoms with van der Waals surface area (Å²) in [6, 6.07) is 17.7. The Morgan fingerprint density at radius 3 is 2.69 bits per heavy atom. The van der Waals surface area contributed by atoms with Crippen LogP contribution in [0.15, 0.2) is 53.0 Å². The summed E-state index contributed by atoms with van der Waals surface area (Å²) < 4.78 is 7.09. The molecule has 0 radical (unpaired) electrons. The van der Waals surface area contributed by atoms with Crippen LogP contribution in [0.1, 0.15) is 68.4 Å². The van der Waals surface area contributed by atoms with Crippen molar-refractivity contribution < 1.29 is 9.53 Å². The number of carbonyl (C=O) groups excluding carboxylic acids is 1. The topological polar surface area (TPSA) is 41.6 Å². The van der Waals surface area contributed by atoms with Crippen molar-refractivity contribution in [3.05, 3.63) is 64.1 Å². The summed E-state index contributed by atoms with van der Waals surface area (Å²) in [5, 5.41) is 3.62. The molecule has 5 heteroatoms. The van der Waals surface area contributed by atoms with E-state index in [2.05, 4.69) is 68.6 Å². The maximum atomic E-state index is 14.5. The van der Waals surface area contributed by atoms with Gasteiger partial charge < -0.3 is 15.0 Å². The van der Waals surface area contributed by atoms with Gasteiger partial charge in [-0.2, -0.15) is 0 Å². The lowest BCUT2D eigenvalue weighted by Gasteiger charge is -2.48. The number of piperidine rings is 1. The van der Waals surface area contributed by atoms with Gasteiger partial charge in [0.2, 0.25) is 5.91 Å². The number of nitrogens with one attached hydrogen (secondary N) is 1. The van der Waals surface area contributed by atoms with Crippen LogP contribution < -0.4 is 10.1 Å². The first kappa shape index (κ1) is 23.5. The SMILES string of the molecule is O=C([C@@H]1CNC[C@]12CCOc1c(Br)cccc12)N1CC[C@@H](c2ccccc2)C[C@H]1C1CCCCC1. The molecule has 1 saturated carbocycles. The lowest BCUT2D eigenvalue weighted by Crippen LogP contribution is -2.55. The maximum Gasteiger partial charge on any atom is 0.228 e. The number of para-hydroxylation sites is 1. The first-order chi connectivity index (χ1) is 17.2. The summed E-state index contributed by atoms with van der Waals surface area (Å²) in [7, 11) is 0. The third kappa shape index (κ3) is 4.23. The van der Waals surface area contributed by atoms with Crippen molar-refractivity contribution in [3.63, 3.8) is 0 Å². The van der Waals surface area contributed by atoms with Crippen molar-refractivity contribution in [2.24, 2.45) is 11.8 Å². The summed E-state index contributed by atoms with van der Waals surface area (Å²) in [5.74, 6) is 2.49. The van der Waals surface area contributed by atoms with E-state index in [9.17, 15) is 4.79 Å². The van der Waals surface area contributed by atoms with Crippen LogP contribution in [0, 0.1) is 11.8 Å². The van der Waals surface area contributed by atoms with Gasteiger partial charge in [0.05, 0.1) is 17.0 Å². The summed E-state index contributed by atoms with van der Waals surface area (Å²) in [4.78, 5) is 16.8. The molecule has 1 amide bonds. The third-order valence-electron chi connectivity index (χ3n) is 9.44. The number of benzene rings is 2. The Hall–Kier alpha value is -1.85. The van der Waals surface area contributed by atoms with Crippen LogP contribution in [0.5, 0.6) is 5.75 Å². The number of rotatable bonds is 3. The Balaban J connectivity index is 1.31. The second-order valence-electron chi connectivity index (χ2n) is 11.2. The number of nitrogens with zero attached hydrogens (tertiary/aromatic N) is 1. The van der Waals surface area contributed by atoms with Gasteiger partial charge in [0, 0.05) is 36.7 Å². The van der Waals surface area contributed by atoms with Gasteiger partial charge in [-0.3, -0.25) is 4.79 Å². The molecule has 4 aliphatic rings. The van der Waals surface area contributed by atoms with E-state index in [0.717, 1.165) is 49.1 Å². The highest BCUT2D eigenvalue weighted by molar-refractivity contribution is 9.10. The van der Waals surface area contributed by atoms with Crippen LogP contribution in [-0.2, 0) is 10.2 Å². The average Bonchev–Trinajstić information content (AvgIpc) is 3.33. The largest absolute Gasteiger partial charge is 0.492 e. The zero-order valence-electron chi connectivity index (χ0n) is 20.6. The molecule has 0 aromatic heterocycles. The summed E-state index contributed by atoms with van der Waals surface area (Å²) in [6.07, 6.45) is 9.59. The van der Waals surface area contributed by atoms with Crippen molar-refractivity contribution in [1.82, 2.24) is 10.2 Å². The molecule has 1 spiro atoms. The Morgan fingerprint density at radius 1 is 1.03 bits per heavy atom. The Bertz CT molecular complexity index is 1050. The molecule has 35 heavy (non-hydrogen) atoms. The van der Waals surface area contributed by atoms with Crippen LogP contribution in [0.2, 0.25) is 0 Å². The number of hydrogen-bond donors (Lipinski definition) is 1. The molecule has 4 nitrogen and oxygen atoms in total. The van der Waals surface area contributed by atoms with Gasteiger partial charge in [-0.1, -0.05) is 61.7 Å². The van der Waals surface area contributed by atoms with Gasteiger partial charge in [0.25, 0.3) is 0 Å². The van der Waals surface area contributed by atoms with E-state index >= 15 is 0 Å². The van der Waals surface area contributed by atoms with Crippen molar-refractivity contribution in [3.8, 4) is 5.75 Å². The Morgan fingerprint density at radius 2 is 1.86 bits per heavy atom. The number of fused-ring (bicyclic) bond motifs is 2. The Labute approximate surface area is 217 Å². The minimum absolute atomic E-state index is 0.0289. The molecule has 2 aromatic carbocycles. The lowest BCUT2D eigenvalue weighted by atomic mass is 9.67. The summed E-state index contributed by atoms with van der Waals surface area (Å²) >= 11 is 3.70. The number of halogens is 1. The Kier molecular flexibility index (Phi) is 6.66. The molecular weight excluding hydrogens is 500 g/mol. The van der Waals surface area contributed by atoms with Crippen molar-refractivity contribution in [2.45, 2.75) is 68.7 Å². The highest BCUT2D eigenvalue weighted by Crippen LogP contribution is 2.50. The van der Waals surface area contributed by atoms with Crippen LogP contribution in [0.4, 0.5) is 0 Å². The van der Waals surface area contributed by atoms with E-state index in [1.807, 2.05) is 6.07 Å². The first-order valence-electron chi connectivity index (χ1n) is 13.7. The lowest BCUT2D eigenvalue weighted by molar-refractivity contribution is -0.143. The minimum atomic E-state index is -0.179. The van der Waals surface area contributed by atoms with Crippen LogP contribution in [-0.4, -0.2) is 43.1 Å². The van der Waals surface area contributed by atoms with Gasteiger partial charge in [0.1, 0.15) is 5.75 Å². The van der Waals surface area contributed by atoms with E-state index in [1.165, 1.54) is 43.2 Å². The molecule has 186 valence electrons. The fraction of sp³-hybridized carbons (Fsp3) is 0.567. The number of hydrogen-bond acceptors (Lipinski definition) is 3. The van der Waals surface area contributed by atoms with Gasteiger partial charge in [-0.05, 0) is 71.5 Å². The third-order valence-corrected chi connectivity index (χ3v) is 10.1. The molecule has 0 bridgehead atoms. The monoisotopic (exact) mass is 536 g/mol. The molecule has 2 saturated heterocycles. The van der Waals surface area contributed by atoms with E-state index in [-0.39, 0.29) is 11.3 Å². The van der Waals surface area contributed by atoms with Crippen molar-refractivity contribution in [2.75, 3.05) is 26.2 Å². The highest BCUT2D eigenvalue weighted by Gasteiger charge is 2.53. The van der Waals surface area contributed by atoms with Gasteiger partial charge in [-0.15, -0.1) is 0 Å². The standard InChI is InChI=1S/C30H37BrN2O2/c31-26-13-7-12-24-28(26)35-17-15-30(24)20-32-19-25(30)29(34)33-16-14-23(21-8-3-1-4-9-21)18-27(33)22-10-5-2-6-11-22/h1,3-4,7-9,12-13,22-23,25,27,32H,2,5-6,10-11,14-20H2/t23-,25+,27+,30+/m1/s1. The molecule has 0 unspecified atom stereocenters. The minimum Gasteiger partial charge on any atom is -0.492 e. The van der Waals surface area contributed by atoms with E-state index in [0.29, 0.717) is 30.4 Å². The summed E-state index contributed by atoms with van der Waals surface area (Å²) in [5.41, 5.74) is 2.47. The van der Waals surface area contributed by atoms with Gasteiger partial charge in [0.15, 0.2) is 0 Å². The second-order valence-corrected chi connectivity index (χ2v) is 12.0. The normalized spacial score (nSPS) is 31.2. The molecule has 6 rings (SSSR count). The average molecular weight is 538 g/mol.